The molecule has 2 aliphatic carbocycles. The van der Waals surface area contributed by atoms with Gasteiger partial charge in [-0.05, 0) is 42.5 Å². The second kappa shape index (κ2) is 5.12. The number of hydrogen-bond acceptors (Lipinski definition) is 5. The molecule has 2 heterocycles. The van der Waals surface area contributed by atoms with Crippen LogP contribution in [0.2, 0.25) is 0 Å². The minimum absolute atomic E-state index is 0.215. The molecule has 0 radical (unpaired) electrons. The number of para-hydroxylation sites is 2. The molecule has 1 aromatic carbocycles. The Morgan fingerprint density at radius 3 is 2.33 bits per heavy atom. The van der Waals surface area contributed by atoms with E-state index in [0.29, 0.717) is 5.75 Å². The van der Waals surface area contributed by atoms with E-state index in [2.05, 4.69) is 25.8 Å². The normalized spacial score (nSPS) is 27.5. The molecule has 1 saturated carbocycles. The van der Waals surface area contributed by atoms with Crippen molar-refractivity contribution in [1.29, 1.82) is 0 Å². The Morgan fingerprint density at radius 1 is 0.963 bits per heavy atom. The fraction of sp³-hybridized carbons (Fsp3) is 0.364. The summed E-state index contributed by atoms with van der Waals surface area (Å²) >= 11 is 0. The fourth-order valence-electron chi connectivity index (χ4n) is 5.10. The minimum atomic E-state index is -0.802. The average molecular weight is 359 g/mol. The lowest BCUT2D eigenvalue weighted by molar-refractivity contribution is -0.145. The first kappa shape index (κ1) is 16.4. The predicted octanol–water partition coefficient (Wildman–Crippen LogP) is 3.96. The number of nitrogens with zero attached hydrogens (tertiary/aromatic N) is 3. The third-order valence-corrected chi connectivity index (χ3v) is 7.14. The van der Waals surface area contributed by atoms with Gasteiger partial charge in [0, 0.05) is 11.6 Å². The molecule has 2 atom stereocenters. The largest absolute Gasteiger partial charge is 0.424 e. The second-order valence-corrected chi connectivity index (χ2v) is 8.35. The maximum absolute atomic E-state index is 13.5. The Morgan fingerprint density at radius 2 is 1.67 bits per heavy atom. The smallest absolute Gasteiger partial charge is 0.324 e. The lowest BCUT2D eigenvalue weighted by atomic mass is 9.64. The number of rotatable bonds is 2. The predicted molar refractivity (Wildman–Crippen MR) is 101 cm³/mol. The van der Waals surface area contributed by atoms with Crippen LogP contribution in [0, 0.1) is 5.41 Å². The first-order valence-corrected chi connectivity index (χ1v) is 9.30. The first-order chi connectivity index (χ1) is 12.9. The van der Waals surface area contributed by atoms with E-state index in [4.69, 9.17) is 14.7 Å². The third kappa shape index (κ3) is 1.84. The number of pyridine rings is 1. The highest BCUT2D eigenvalue weighted by molar-refractivity contribution is 5.90. The van der Waals surface area contributed by atoms with Gasteiger partial charge in [-0.25, -0.2) is 9.97 Å². The standard InChI is InChI=1S/C22H21N3O2/c1-20(2)21(3)10-11-22(20,19(26)27-14-7-6-12-23-13-14)18-17(21)24-15-8-4-5-9-16(15)25-18/h4-9,12-13H,10-11H2,1-3H3/t21-,22+/m0/s1. The fourth-order valence-corrected chi connectivity index (χ4v) is 5.10. The Hall–Kier alpha value is -2.82. The maximum atomic E-state index is 13.5. The third-order valence-electron chi connectivity index (χ3n) is 7.14. The summed E-state index contributed by atoms with van der Waals surface area (Å²) in [4.78, 5) is 27.5. The van der Waals surface area contributed by atoms with Crippen molar-refractivity contribution in [2.45, 2.75) is 44.4 Å². The highest BCUT2D eigenvalue weighted by Gasteiger charge is 2.74. The van der Waals surface area contributed by atoms with Gasteiger partial charge in [0.1, 0.15) is 11.2 Å². The van der Waals surface area contributed by atoms with E-state index < -0.39 is 5.41 Å². The maximum Gasteiger partial charge on any atom is 0.324 e. The van der Waals surface area contributed by atoms with Crippen LogP contribution in [0.4, 0.5) is 0 Å². The number of carbonyl (C=O) groups is 1. The Bertz CT molecular complexity index is 1080. The molecule has 2 aliphatic rings. The van der Waals surface area contributed by atoms with E-state index in [1.165, 1.54) is 0 Å². The first-order valence-electron chi connectivity index (χ1n) is 9.30. The van der Waals surface area contributed by atoms with Gasteiger partial charge in [0.05, 0.1) is 28.6 Å². The van der Waals surface area contributed by atoms with Crippen molar-refractivity contribution in [2.24, 2.45) is 5.41 Å². The summed E-state index contributed by atoms with van der Waals surface area (Å²) < 4.78 is 5.80. The molecule has 0 saturated heterocycles. The van der Waals surface area contributed by atoms with Crippen LogP contribution in [0.3, 0.4) is 0 Å². The molecule has 0 unspecified atom stereocenters. The lowest BCUT2D eigenvalue weighted by Crippen LogP contribution is -2.48. The quantitative estimate of drug-likeness (QED) is 0.648. The number of benzene rings is 1. The molecule has 0 N–H and O–H groups in total. The SMILES string of the molecule is CC1(C)[C@@]2(C)CC[C@]1(C(=O)Oc1cccnc1)c1nc3ccccc3nc12. The summed E-state index contributed by atoms with van der Waals surface area (Å²) in [5.41, 5.74) is 2.05. The van der Waals surface area contributed by atoms with Gasteiger partial charge in [-0.1, -0.05) is 32.9 Å². The molecule has 0 spiro atoms. The van der Waals surface area contributed by atoms with Gasteiger partial charge in [-0.3, -0.25) is 9.78 Å². The Balaban J connectivity index is 1.72. The van der Waals surface area contributed by atoms with Crippen LogP contribution in [0.15, 0.2) is 48.8 Å². The van der Waals surface area contributed by atoms with Crippen LogP contribution in [0.25, 0.3) is 11.0 Å². The molecule has 27 heavy (non-hydrogen) atoms. The second-order valence-electron chi connectivity index (χ2n) is 8.35. The molecule has 3 aromatic rings. The molecule has 5 nitrogen and oxygen atoms in total. The van der Waals surface area contributed by atoms with Crippen molar-refractivity contribution in [3.05, 3.63) is 60.2 Å². The topological polar surface area (TPSA) is 65.0 Å². The molecule has 136 valence electrons. The van der Waals surface area contributed by atoms with Crippen molar-refractivity contribution in [3.63, 3.8) is 0 Å². The molecule has 2 bridgehead atoms. The van der Waals surface area contributed by atoms with Crippen LogP contribution in [-0.2, 0) is 15.6 Å². The molecular formula is C22H21N3O2. The van der Waals surface area contributed by atoms with Crippen LogP contribution < -0.4 is 4.74 Å². The highest BCUT2D eigenvalue weighted by Crippen LogP contribution is 2.70. The molecular weight excluding hydrogens is 338 g/mol. The van der Waals surface area contributed by atoms with E-state index in [9.17, 15) is 4.79 Å². The number of hydrogen-bond donors (Lipinski definition) is 0. The zero-order valence-corrected chi connectivity index (χ0v) is 15.7. The van der Waals surface area contributed by atoms with Crippen LogP contribution in [-0.4, -0.2) is 20.9 Å². The van der Waals surface area contributed by atoms with Gasteiger partial charge in [0.2, 0.25) is 0 Å². The van der Waals surface area contributed by atoms with Crippen molar-refractivity contribution in [2.75, 3.05) is 0 Å². The lowest BCUT2D eigenvalue weighted by Gasteiger charge is -2.38. The molecule has 5 rings (SSSR count). The Labute approximate surface area is 157 Å². The molecule has 5 heteroatoms. The molecule has 2 aromatic heterocycles. The summed E-state index contributed by atoms with van der Waals surface area (Å²) in [7, 11) is 0. The number of carbonyl (C=O) groups excluding carboxylic acids is 1. The van der Waals surface area contributed by atoms with E-state index in [1.54, 1.807) is 24.5 Å². The van der Waals surface area contributed by atoms with Gasteiger partial charge in [0.25, 0.3) is 0 Å². The summed E-state index contributed by atoms with van der Waals surface area (Å²) in [5.74, 6) is 0.205. The summed E-state index contributed by atoms with van der Waals surface area (Å²) in [6, 6.07) is 11.4. The number of ether oxygens (including phenoxy) is 1. The average Bonchev–Trinajstić information content (AvgIpc) is 2.97. The van der Waals surface area contributed by atoms with E-state index in [0.717, 1.165) is 35.3 Å². The van der Waals surface area contributed by atoms with Crippen LogP contribution >= 0.6 is 0 Å². The van der Waals surface area contributed by atoms with Crippen molar-refractivity contribution < 1.29 is 9.53 Å². The van der Waals surface area contributed by atoms with Gasteiger partial charge in [-0.2, -0.15) is 0 Å². The van der Waals surface area contributed by atoms with E-state index in [1.807, 2.05) is 24.3 Å². The van der Waals surface area contributed by atoms with Crippen molar-refractivity contribution in [3.8, 4) is 5.75 Å². The zero-order chi connectivity index (χ0) is 18.9. The van der Waals surface area contributed by atoms with Crippen molar-refractivity contribution in [1.82, 2.24) is 15.0 Å². The number of esters is 1. The van der Waals surface area contributed by atoms with E-state index >= 15 is 0 Å². The summed E-state index contributed by atoms with van der Waals surface area (Å²) in [6.45, 7) is 6.51. The van der Waals surface area contributed by atoms with Crippen LogP contribution in [0.5, 0.6) is 5.75 Å². The Kier molecular flexibility index (Phi) is 3.10. The van der Waals surface area contributed by atoms with Crippen molar-refractivity contribution >= 4 is 17.0 Å². The number of fused-ring (bicyclic) bond motifs is 6. The number of aromatic nitrogens is 3. The zero-order valence-electron chi connectivity index (χ0n) is 15.7. The highest BCUT2D eigenvalue weighted by atomic mass is 16.5. The summed E-state index contributed by atoms with van der Waals surface area (Å²) in [6.07, 6.45) is 4.84. The summed E-state index contributed by atoms with van der Waals surface area (Å²) in [5, 5.41) is 0. The van der Waals surface area contributed by atoms with Gasteiger partial charge >= 0.3 is 5.97 Å². The van der Waals surface area contributed by atoms with Crippen LogP contribution in [0.1, 0.15) is 45.0 Å². The monoisotopic (exact) mass is 359 g/mol. The minimum Gasteiger partial charge on any atom is -0.424 e. The van der Waals surface area contributed by atoms with E-state index in [-0.39, 0.29) is 16.8 Å². The van der Waals surface area contributed by atoms with Gasteiger partial charge in [0.15, 0.2) is 0 Å². The van der Waals surface area contributed by atoms with Gasteiger partial charge < -0.3 is 4.74 Å². The van der Waals surface area contributed by atoms with Gasteiger partial charge in [-0.15, -0.1) is 0 Å². The molecule has 0 amide bonds. The molecule has 1 fully saturated rings. The molecule has 0 aliphatic heterocycles.